The van der Waals surface area contributed by atoms with Crippen LogP contribution in [0.2, 0.25) is 5.02 Å². The molecule has 3 rings (SSSR count). The number of thioether (sulfide) groups is 1. The molecule has 1 aliphatic heterocycles. The maximum absolute atomic E-state index is 12.6. The molecule has 0 radical (unpaired) electrons. The van der Waals surface area contributed by atoms with Crippen LogP contribution < -0.4 is 0 Å². The van der Waals surface area contributed by atoms with Gasteiger partial charge in [0.15, 0.2) is 9.84 Å². The zero-order chi connectivity index (χ0) is 15.7. The highest BCUT2D eigenvalue weighted by Crippen LogP contribution is 2.34. The van der Waals surface area contributed by atoms with Gasteiger partial charge in [0.2, 0.25) is 5.91 Å². The fraction of sp³-hybridized carbons (Fsp3) is 0.533. The van der Waals surface area contributed by atoms with Crippen molar-refractivity contribution in [1.82, 2.24) is 4.90 Å². The third-order valence-corrected chi connectivity index (χ3v) is 7.27. The second-order valence-corrected chi connectivity index (χ2v) is 9.46. The van der Waals surface area contributed by atoms with Gasteiger partial charge in [-0.05, 0) is 31.4 Å². The average Bonchev–Trinajstić information content (AvgIpc) is 3.22. The summed E-state index contributed by atoms with van der Waals surface area (Å²) in [6, 6.07) is 7.53. The summed E-state index contributed by atoms with van der Waals surface area (Å²) >= 11 is 7.52. The molecule has 2 aliphatic rings. The number of amides is 1. The highest BCUT2D eigenvalue weighted by atomic mass is 35.5. The monoisotopic (exact) mass is 359 g/mol. The molecule has 0 bridgehead atoms. The van der Waals surface area contributed by atoms with E-state index in [9.17, 15) is 13.2 Å². The second-order valence-electron chi connectivity index (χ2n) is 5.81. The summed E-state index contributed by atoms with van der Waals surface area (Å²) in [5.74, 6) is 0.642. The van der Waals surface area contributed by atoms with Crippen LogP contribution in [0.25, 0.3) is 0 Å². The minimum Gasteiger partial charge on any atom is -0.335 e. The van der Waals surface area contributed by atoms with E-state index in [0.29, 0.717) is 17.2 Å². The zero-order valence-corrected chi connectivity index (χ0v) is 14.5. The van der Waals surface area contributed by atoms with Crippen molar-refractivity contribution in [2.45, 2.75) is 36.2 Å². The fourth-order valence-corrected chi connectivity index (χ4v) is 5.65. The van der Waals surface area contributed by atoms with Crippen molar-refractivity contribution >= 4 is 39.1 Å². The second kappa shape index (κ2) is 6.42. The SMILES string of the molecule is O=C(CSc1ccccc1Cl)N(C1CC1)[C@@H]1CCS(=O)(=O)C1. The Morgan fingerprint density at radius 1 is 1.23 bits per heavy atom. The molecule has 1 aromatic carbocycles. The third kappa shape index (κ3) is 3.78. The van der Waals surface area contributed by atoms with Crippen LogP contribution in [0.15, 0.2) is 29.2 Å². The predicted octanol–water partition coefficient (Wildman–Crippen LogP) is 2.61. The molecule has 7 heteroatoms. The van der Waals surface area contributed by atoms with E-state index >= 15 is 0 Å². The molecule has 1 heterocycles. The molecule has 0 aromatic heterocycles. The first kappa shape index (κ1) is 16.1. The van der Waals surface area contributed by atoms with Gasteiger partial charge < -0.3 is 4.90 Å². The molecule has 120 valence electrons. The molecule has 1 amide bonds. The van der Waals surface area contributed by atoms with Crippen LogP contribution in [-0.2, 0) is 14.6 Å². The Bertz CT molecular complexity index is 673. The Morgan fingerprint density at radius 3 is 2.55 bits per heavy atom. The Balaban J connectivity index is 1.65. The summed E-state index contributed by atoms with van der Waals surface area (Å²) in [5.41, 5.74) is 0. The van der Waals surface area contributed by atoms with Gasteiger partial charge in [0.05, 0.1) is 22.3 Å². The maximum Gasteiger partial charge on any atom is 0.233 e. The standard InChI is InChI=1S/C15H18ClNO3S2/c16-13-3-1-2-4-14(13)21-9-15(18)17(11-5-6-11)12-7-8-22(19,20)10-12/h1-4,11-12H,5-10H2/t12-/m1/s1. The van der Waals surface area contributed by atoms with Crippen molar-refractivity contribution in [3.63, 3.8) is 0 Å². The van der Waals surface area contributed by atoms with E-state index in [1.807, 2.05) is 23.1 Å². The summed E-state index contributed by atoms with van der Waals surface area (Å²) in [5, 5.41) is 0.640. The predicted molar refractivity (Wildman–Crippen MR) is 89.1 cm³/mol. The minimum atomic E-state index is -2.98. The zero-order valence-electron chi connectivity index (χ0n) is 12.1. The lowest BCUT2D eigenvalue weighted by Crippen LogP contribution is -2.43. The van der Waals surface area contributed by atoms with Crippen LogP contribution in [0.3, 0.4) is 0 Å². The van der Waals surface area contributed by atoms with Gasteiger partial charge in [-0.25, -0.2) is 8.42 Å². The van der Waals surface area contributed by atoms with Gasteiger partial charge in [-0.3, -0.25) is 4.79 Å². The Morgan fingerprint density at radius 2 is 1.95 bits per heavy atom. The first-order valence-corrected chi connectivity index (χ1v) is 10.5. The van der Waals surface area contributed by atoms with Gasteiger partial charge in [0.25, 0.3) is 0 Å². The molecule has 1 atom stereocenters. The minimum absolute atomic E-state index is 0.0227. The summed E-state index contributed by atoms with van der Waals surface area (Å²) < 4.78 is 23.3. The molecule has 0 spiro atoms. The van der Waals surface area contributed by atoms with Crippen molar-refractivity contribution in [2.24, 2.45) is 0 Å². The molecule has 1 saturated heterocycles. The van der Waals surface area contributed by atoms with Gasteiger partial charge in [-0.2, -0.15) is 0 Å². The molecule has 0 N–H and O–H groups in total. The maximum atomic E-state index is 12.6. The van der Waals surface area contributed by atoms with Crippen molar-refractivity contribution in [2.75, 3.05) is 17.3 Å². The van der Waals surface area contributed by atoms with E-state index in [4.69, 9.17) is 11.6 Å². The highest BCUT2D eigenvalue weighted by Gasteiger charge is 2.41. The third-order valence-electron chi connectivity index (χ3n) is 4.02. The molecule has 1 saturated carbocycles. The summed E-state index contributed by atoms with van der Waals surface area (Å²) in [6.45, 7) is 0. The van der Waals surface area contributed by atoms with E-state index < -0.39 is 9.84 Å². The quantitative estimate of drug-likeness (QED) is 0.758. The Labute approximate surface area is 140 Å². The van der Waals surface area contributed by atoms with Crippen LogP contribution in [0.5, 0.6) is 0 Å². The van der Waals surface area contributed by atoms with Gasteiger partial charge in [-0.1, -0.05) is 23.7 Å². The van der Waals surface area contributed by atoms with Crippen molar-refractivity contribution in [3.8, 4) is 0 Å². The number of hydrogen-bond donors (Lipinski definition) is 0. The summed E-state index contributed by atoms with van der Waals surface area (Å²) in [6.07, 6.45) is 2.54. The normalized spacial score (nSPS) is 23.4. The number of carbonyl (C=O) groups is 1. The summed E-state index contributed by atoms with van der Waals surface area (Å²) in [4.78, 5) is 15.3. The molecule has 22 heavy (non-hydrogen) atoms. The fourth-order valence-electron chi connectivity index (χ4n) is 2.83. The van der Waals surface area contributed by atoms with Gasteiger partial charge in [0, 0.05) is 17.0 Å². The molecule has 1 aliphatic carbocycles. The number of sulfone groups is 1. The number of rotatable bonds is 5. The van der Waals surface area contributed by atoms with Gasteiger partial charge >= 0.3 is 0 Å². The lowest BCUT2D eigenvalue weighted by Gasteiger charge is -2.28. The summed E-state index contributed by atoms with van der Waals surface area (Å²) in [7, 11) is -2.98. The first-order valence-electron chi connectivity index (χ1n) is 7.35. The smallest absolute Gasteiger partial charge is 0.233 e. The average molecular weight is 360 g/mol. The molecular weight excluding hydrogens is 342 g/mol. The van der Waals surface area contributed by atoms with E-state index in [2.05, 4.69) is 0 Å². The first-order chi connectivity index (χ1) is 10.5. The van der Waals surface area contributed by atoms with E-state index in [1.165, 1.54) is 11.8 Å². The van der Waals surface area contributed by atoms with Gasteiger partial charge in [-0.15, -0.1) is 11.8 Å². The number of halogens is 1. The van der Waals surface area contributed by atoms with Crippen molar-refractivity contribution in [3.05, 3.63) is 29.3 Å². The van der Waals surface area contributed by atoms with E-state index in [0.717, 1.165) is 17.7 Å². The van der Waals surface area contributed by atoms with Crippen LogP contribution in [0, 0.1) is 0 Å². The number of benzene rings is 1. The Kier molecular flexibility index (Phi) is 4.71. The van der Waals surface area contributed by atoms with Crippen molar-refractivity contribution in [1.29, 1.82) is 0 Å². The largest absolute Gasteiger partial charge is 0.335 e. The van der Waals surface area contributed by atoms with Crippen molar-refractivity contribution < 1.29 is 13.2 Å². The molecule has 1 aromatic rings. The van der Waals surface area contributed by atoms with E-state index in [-0.39, 0.29) is 29.5 Å². The van der Waals surface area contributed by atoms with Crippen LogP contribution in [-0.4, -0.2) is 48.6 Å². The lowest BCUT2D eigenvalue weighted by atomic mass is 10.2. The topological polar surface area (TPSA) is 54.5 Å². The van der Waals surface area contributed by atoms with Gasteiger partial charge in [0.1, 0.15) is 0 Å². The van der Waals surface area contributed by atoms with Crippen LogP contribution >= 0.6 is 23.4 Å². The number of hydrogen-bond acceptors (Lipinski definition) is 4. The Hall–Kier alpha value is -0.720. The number of carbonyl (C=O) groups excluding carboxylic acids is 1. The molecular formula is C15H18ClNO3S2. The molecule has 0 unspecified atom stereocenters. The molecule has 2 fully saturated rings. The van der Waals surface area contributed by atoms with Crippen LogP contribution in [0.4, 0.5) is 0 Å². The highest BCUT2D eigenvalue weighted by molar-refractivity contribution is 8.00. The van der Waals surface area contributed by atoms with Crippen LogP contribution in [0.1, 0.15) is 19.3 Å². The van der Waals surface area contributed by atoms with E-state index in [1.54, 1.807) is 6.07 Å². The lowest BCUT2D eigenvalue weighted by molar-refractivity contribution is -0.130. The molecule has 4 nitrogen and oxygen atoms in total. The number of nitrogens with zero attached hydrogens (tertiary/aromatic N) is 1.